The zero-order valence-corrected chi connectivity index (χ0v) is 18.7. The van der Waals surface area contributed by atoms with E-state index in [0.29, 0.717) is 11.3 Å². The number of rotatable bonds is 5. The Bertz CT molecular complexity index is 1370. The summed E-state index contributed by atoms with van der Waals surface area (Å²) in [4.78, 5) is 19.6. The predicted molar refractivity (Wildman–Crippen MR) is 130 cm³/mol. The molecule has 3 N–H and O–H groups in total. The number of imidazole rings is 1. The minimum Gasteiger partial charge on any atom is -0.354 e. The predicted octanol–water partition coefficient (Wildman–Crippen LogP) is 5.48. The van der Waals surface area contributed by atoms with Gasteiger partial charge in [0.25, 0.3) is 5.91 Å². The van der Waals surface area contributed by atoms with Crippen molar-refractivity contribution in [3.05, 3.63) is 84.2 Å². The summed E-state index contributed by atoms with van der Waals surface area (Å²) in [6, 6.07) is 19.9. The lowest BCUT2D eigenvalue weighted by Crippen LogP contribution is -2.35. The van der Waals surface area contributed by atoms with Crippen molar-refractivity contribution in [2.24, 2.45) is 0 Å². The van der Waals surface area contributed by atoms with Crippen molar-refractivity contribution in [2.45, 2.75) is 30.2 Å². The van der Waals surface area contributed by atoms with Gasteiger partial charge in [-0.3, -0.25) is 15.6 Å². The van der Waals surface area contributed by atoms with Crippen LogP contribution in [0.2, 0.25) is 0 Å². The molecule has 1 amide bonds. The maximum Gasteiger partial charge on any atom is 0.269 e. The first-order valence-electron chi connectivity index (χ1n) is 10.4. The van der Waals surface area contributed by atoms with Crippen LogP contribution in [0.25, 0.3) is 16.7 Å². The molecule has 32 heavy (non-hydrogen) atoms. The molecule has 0 saturated carbocycles. The Labute approximate surface area is 190 Å². The van der Waals surface area contributed by atoms with E-state index in [2.05, 4.69) is 57.4 Å². The molecule has 160 valence electrons. The fraction of sp³-hybridized carbons (Fsp3) is 0.120. The van der Waals surface area contributed by atoms with Crippen molar-refractivity contribution in [3.8, 4) is 0 Å². The van der Waals surface area contributed by atoms with Gasteiger partial charge in [-0.15, -0.1) is 0 Å². The number of amides is 1. The molecule has 1 aliphatic heterocycles. The number of nitrogens with one attached hydrogen (secondary N) is 3. The average Bonchev–Trinajstić information content (AvgIpc) is 3.14. The third-order valence-corrected chi connectivity index (χ3v) is 6.70. The van der Waals surface area contributed by atoms with E-state index in [4.69, 9.17) is 0 Å². The molecule has 4 aromatic rings. The Kier molecular flexibility index (Phi) is 5.11. The van der Waals surface area contributed by atoms with Crippen LogP contribution in [0.1, 0.15) is 28.7 Å². The number of nitrogens with zero attached hydrogens (tertiary/aromatic N) is 2. The monoisotopic (exact) mass is 441 g/mol. The Morgan fingerprint density at radius 2 is 1.81 bits per heavy atom. The van der Waals surface area contributed by atoms with Gasteiger partial charge in [-0.25, -0.2) is 4.98 Å². The maximum atomic E-state index is 12.7. The smallest absolute Gasteiger partial charge is 0.269 e. The number of carbonyl (C=O) groups is 1. The summed E-state index contributed by atoms with van der Waals surface area (Å²) in [6.45, 7) is 8.98. The Balaban J connectivity index is 1.28. The van der Waals surface area contributed by atoms with Crippen LogP contribution in [-0.4, -0.2) is 15.5 Å². The normalized spacial score (nSPS) is 11.9. The molecule has 0 radical (unpaired) electrons. The third-order valence-electron chi connectivity index (χ3n) is 5.55. The minimum atomic E-state index is -0.239. The van der Waals surface area contributed by atoms with Crippen molar-refractivity contribution >= 4 is 45.8 Å². The Morgan fingerprint density at radius 3 is 2.66 bits per heavy atom. The van der Waals surface area contributed by atoms with Crippen LogP contribution in [0, 0.1) is 6.92 Å². The molecule has 0 atom stereocenters. The lowest BCUT2D eigenvalue weighted by atomic mass is 10.1. The van der Waals surface area contributed by atoms with Gasteiger partial charge < -0.3 is 9.88 Å². The molecule has 5 rings (SSSR count). The van der Waals surface area contributed by atoms with Gasteiger partial charge in [-0.1, -0.05) is 36.5 Å². The zero-order chi connectivity index (χ0) is 22.2. The fourth-order valence-corrected chi connectivity index (χ4v) is 4.86. The molecule has 1 aliphatic rings. The summed E-state index contributed by atoms with van der Waals surface area (Å²) in [5, 5.41) is 3.47. The summed E-state index contributed by atoms with van der Waals surface area (Å²) in [6.07, 6.45) is 0. The highest BCUT2D eigenvalue weighted by molar-refractivity contribution is 7.99. The van der Waals surface area contributed by atoms with Gasteiger partial charge in [0, 0.05) is 27.5 Å². The van der Waals surface area contributed by atoms with E-state index in [1.165, 1.54) is 4.90 Å². The number of fused-ring (bicyclic) bond motifs is 3. The molecule has 0 aliphatic carbocycles. The van der Waals surface area contributed by atoms with E-state index < -0.39 is 0 Å². The van der Waals surface area contributed by atoms with E-state index in [1.54, 1.807) is 11.8 Å². The molecule has 2 heterocycles. The van der Waals surface area contributed by atoms with Crippen molar-refractivity contribution in [3.63, 3.8) is 0 Å². The first kappa shape index (κ1) is 20.2. The van der Waals surface area contributed by atoms with Crippen LogP contribution in [-0.2, 0) is 6.54 Å². The van der Waals surface area contributed by atoms with Gasteiger partial charge in [0.1, 0.15) is 5.82 Å². The minimum absolute atomic E-state index is 0.239. The average molecular weight is 442 g/mol. The van der Waals surface area contributed by atoms with Crippen LogP contribution in [0.3, 0.4) is 0 Å². The van der Waals surface area contributed by atoms with Crippen molar-refractivity contribution < 1.29 is 4.79 Å². The second-order valence-corrected chi connectivity index (χ2v) is 8.68. The number of hydrazine groups is 1. The number of benzene rings is 3. The van der Waals surface area contributed by atoms with E-state index in [1.807, 2.05) is 49.4 Å². The third kappa shape index (κ3) is 3.61. The molecule has 7 heteroatoms. The van der Waals surface area contributed by atoms with Crippen LogP contribution in [0.4, 0.5) is 11.4 Å². The summed E-state index contributed by atoms with van der Waals surface area (Å²) < 4.78 is 2.12. The van der Waals surface area contributed by atoms with Crippen LogP contribution in [0.5, 0.6) is 0 Å². The largest absolute Gasteiger partial charge is 0.354 e. The molecule has 0 unspecified atom stereocenters. The molecule has 0 saturated heterocycles. The number of para-hydroxylation sites is 1. The zero-order valence-electron chi connectivity index (χ0n) is 17.9. The number of hydrogen-bond donors (Lipinski definition) is 3. The second-order valence-electron chi connectivity index (χ2n) is 7.60. The highest BCUT2D eigenvalue weighted by atomic mass is 32.2. The van der Waals surface area contributed by atoms with Gasteiger partial charge in [0.05, 0.1) is 28.1 Å². The second kappa shape index (κ2) is 8.09. The topological polar surface area (TPSA) is 71.0 Å². The SMILES string of the molecule is C=C(NNC(=O)c1ccc2c(c1)nc(C)n2CC)c1ccc2c(c1)Nc1ccccc1S2. The molecule has 0 fully saturated rings. The van der Waals surface area contributed by atoms with Crippen molar-refractivity contribution in [1.29, 1.82) is 0 Å². The molecule has 3 aromatic carbocycles. The summed E-state index contributed by atoms with van der Waals surface area (Å²) in [5.41, 5.74) is 11.7. The number of aryl methyl sites for hydroxylation is 2. The molecular weight excluding hydrogens is 418 g/mol. The molecule has 0 spiro atoms. The van der Waals surface area contributed by atoms with Gasteiger partial charge >= 0.3 is 0 Å². The van der Waals surface area contributed by atoms with E-state index >= 15 is 0 Å². The van der Waals surface area contributed by atoms with Crippen molar-refractivity contribution in [2.75, 3.05) is 5.32 Å². The standard InChI is InChI=1S/C25H23N5OS/c1-4-30-16(3)26-20-14-18(9-11-22(20)30)25(31)29-28-15(2)17-10-12-24-21(13-17)27-19-7-5-6-8-23(19)32-24/h5-14,27-28H,2,4H2,1,3H3,(H,29,31). The van der Waals surface area contributed by atoms with E-state index in [9.17, 15) is 4.79 Å². The Morgan fingerprint density at radius 1 is 1.03 bits per heavy atom. The molecule has 1 aromatic heterocycles. The highest BCUT2D eigenvalue weighted by Gasteiger charge is 2.16. The summed E-state index contributed by atoms with van der Waals surface area (Å²) in [7, 11) is 0. The lowest BCUT2D eigenvalue weighted by molar-refractivity contribution is 0.0942. The maximum absolute atomic E-state index is 12.7. The molecule has 0 bridgehead atoms. The number of hydrogen-bond acceptors (Lipinski definition) is 5. The highest BCUT2D eigenvalue weighted by Crippen LogP contribution is 2.44. The van der Waals surface area contributed by atoms with Gasteiger partial charge in [-0.2, -0.15) is 0 Å². The summed E-state index contributed by atoms with van der Waals surface area (Å²) in [5.74, 6) is 0.700. The first-order valence-corrected chi connectivity index (χ1v) is 11.3. The van der Waals surface area contributed by atoms with Crippen LogP contribution in [0.15, 0.2) is 77.0 Å². The van der Waals surface area contributed by atoms with Gasteiger partial charge in [0.15, 0.2) is 0 Å². The Hall–Kier alpha value is -3.71. The molecule has 6 nitrogen and oxygen atoms in total. The number of anilines is 2. The van der Waals surface area contributed by atoms with E-state index in [-0.39, 0.29) is 5.91 Å². The number of carbonyl (C=O) groups excluding carboxylic acids is 1. The first-order chi connectivity index (χ1) is 15.5. The number of aromatic nitrogens is 2. The van der Waals surface area contributed by atoms with Crippen LogP contribution >= 0.6 is 11.8 Å². The van der Waals surface area contributed by atoms with E-state index in [0.717, 1.165) is 45.2 Å². The fourth-order valence-electron chi connectivity index (χ4n) is 3.89. The van der Waals surface area contributed by atoms with Crippen LogP contribution < -0.4 is 16.2 Å². The quantitative estimate of drug-likeness (QED) is 0.315. The van der Waals surface area contributed by atoms with Gasteiger partial charge in [0.2, 0.25) is 0 Å². The lowest BCUT2D eigenvalue weighted by Gasteiger charge is -2.21. The van der Waals surface area contributed by atoms with Crippen molar-refractivity contribution in [1.82, 2.24) is 20.4 Å². The molecular formula is C25H23N5OS. The van der Waals surface area contributed by atoms with Gasteiger partial charge in [-0.05, 0) is 56.3 Å². The summed E-state index contributed by atoms with van der Waals surface area (Å²) >= 11 is 1.73.